The summed E-state index contributed by atoms with van der Waals surface area (Å²) in [6.45, 7) is 2.35. The van der Waals surface area contributed by atoms with Crippen molar-refractivity contribution < 1.29 is 17.6 Å². The van der Waals surface area contributed by atoms with Gasteiger partial charge in [-0.15, -0.1) is 0 Å². The second kappa shape index (κ2) is 5.58. The zero-order valence-electron chi connectivity index (χ0n) is 13.6. The van der Waals surface area contributed by atoms with Crippen molar-refractivity contribution in [3.63, 3.8) is 0 Å². The van der Waals surface area contributed by atoms with Crippen LogP contribution in [0.1, 0.15) is 35.5 Å². The molecule has 2 aromatic heterocycles. The summed E-state index contributed by atoms with van der Waals surface area (Å²) in [5.74, 6) is 0.543. The Bertz CT molecular complexity index is 898. The largest absolute Gasteiger partial charge is 0.449 e. The second-order valence-corrected chi connectivity index (χ2v) is 9.05. The number of hydrogen-bond acceptors (Lipinski definition) is 5. The molecule has 0 spiro atoms. The molecule has 0 bridgehead atoms. The summed E-state index contributed by atoms with van der Waals surface area (Å²) < 4.78 is 29.9. The predicted molar refractivity (Wildman–Crippen MR) is 89.6 cm³/mol. The van der Waals surface area contributed by atoms with Gasteiger partial charge in [0, 0.05) is 24.3 Å². The van der Waals surface area contributed by atoms with Gasteiger partial charge in [-0.2, -0.15) is 0 Å². The van der Waals surface area contributed by atoms with Gasteiger partial charge in [0.25, 0.3) is 5.91 Å². The maximum Gasteiger partial charge on any atom is 0.289 e. The van der Waals surface area contributed by atoms with E-state index in [0.29, 0.717) is 30.0 Å². The van der Waals surface area contributed by atoms with Gasteiger partial charge in [0.2, 0.25) is 0 Å². The summed E-state index contributed by atoms with van der Waals surface area (Å²) in [5, 5.41) is 0. The number of carbonyl (C=O) groups is 1. The van der Waals surface area contributed by atoms with Crippen molar-refractivity contribution in [1.82, 2.24) is 9.88 Å². The third-order valence-corrected chi connectivity index (χ3v) is 6.59. The highest BCUT2D eigenvalue weighted by Crippen LogP contribution is 2.38. The Morgan fingerprint density at radius 3 is 2.88 bits per heavy atom. The molecule has 1 saturated carbocycles. The first-order chi connectivity index (χ1) is 11.4. The number of pyridine rings is 1. The molecule has 1 atom stereocenters. The maximum absolute atomic E-state index is 13.0. The molecule has 2 fully saturated rings. The minimum Gasteiger partial charge on any atom is -0.449 e. The average molecular weight is 348 g/mol. The number of nitrogens with zero attached hydrogens (tertiary/aromatic N) is 2. The van der Waals surface area contributed by atoms with E-state index in [0.717, 1.165) is 18.5 Å². The zero-order chi connectivity index (χ0) is 16.9. The molecule has 24 heavy (non-hydrogen) atoms. The number of sulfone groups is 1. The number of furan rings is 1. The van der Waals surface area contributed by atoms with E-state index in [1.54, 1.807) is 17.0 Å². The molecule has 7 heteroatoms. The zero-order valence-corrected chi connectivity index (χ0v) is 14.4. The highest BCUT2D eigenvalue weighted by molar-refractivity contribution is 7.91. The summed E-state index contributed by atoms with van der Waals surface area (Å²) in [5.41, 5.74) is 2.09. The van der Waals surface area contributed by atoms with Crippen molar-refractivity contribution in [2.75, 3.05) is 18.1 Å². The van der Waals surface area contributed by atoms with Gasteiger partial charge in [-0.3, -0.25) is 4.79 Å². The number of fused-ring (bicyclic) bond motifs is 1. The minimum atomic E-state index is -3.09. The highest BCUT2D eigenvalue weighted by atomic mass is 32.2. The Balaban J connectivity index is 1.67. The Hall–Kier alpha value is -1.89. The Morgan fingerprint density at radius 2 is 2.12 bits per heavy atom. The van der Waals surface area contributed by atoms with Crippen molar-refractivity contribution in [3.8, 4) is 0 Å². The molecule has 6 nitrogen and oxygen atoms in total. The summed E-state index contributed by atoms with van der Waals surface area (Å²) in [6.07, 6.45) is 2.46. The van der Waals surface area contributed by atoms with E-state index >= 15 is 0 Å². The lowest BCUT2D eigenvalue weighted by atomic mass is 10.1. The molecule has 0 radical (unpaired) electrons. The first-order valence-corrected chi connectivity index (χ1v) is 10.1. The van der Waals surface area contributed by atoms with Gasteiger partial charge in [-0.25, -0.2) is 13.4 Å². The van der Waals surface area contributed by atoms with Crippen LogP contribution in [0, 0.1) is 12.8 Å². The highest BCUT2D eigenvalue weighted by Gasteiger charge is 2.42. The van der Waals surface area contributed by atoms with Gasteiger partial charge in [0.05, 0.1) is 11.5 Å². The van der Waals surface area contributed by atoms with Crippen LogP contribution in [0.2, 0.25) is 0 Å². The van der Waals surface area contributed by atoms with Gasteiger partial charge in [-0.1, -0.05) is 0 Å². The van der Waals surface area contributed by atoms with E-state index in [-0.39, 0.29) is 29.2 Å². The number of carbonyl (C=O) groups excluding carboxylic acids is 1. The quantitative estimate of drug-likeness (QED) is 0.831. The molecule has 1 amide bonds. The van der Waals surface area contributed by atoms with Gasteiger partial charge >= 0.3 is 0 Å². The van der Waals surface area contributed by atoms with E-state index in [1.165, 1.54) is 0 Å². The molecule has 128 valence electrons. The molecular formula is C17H20N2O4S. The molecule has 0 N–H and O–H groups in total. The number of hydrogen-bond donors (Lipinski definition) is 0. The summed E-state index contributed by atoms with van der Waals surface area (Å²) in [7, 11) is -3.09. The molecule has 3 heterocycles. The third-order valence-electron chi connectivity index (χ3n) is 4.83. The number of rotatable bonds is 2. The Labute approximate surface area is 140 Å². The van der Waals surface area contributed by atoms with Gasteiger partial charge in [0.1, 0.15) is 5.52 Å². The van der Waals surface area contributed by atoms with Crippen molar-refractivity contribution in [1.29, 1.82) is 0 Å². The van der Waals surface area contributed by atoms with E-state index in [2.05, 4.69) is 4.98 Å². The fourth-order valence-corrected chi connectivity index (χ4v) is 5.16. The molecule has 1 unspecified atom stereocenters. The topological polar surface area (TPSA) is 80.5 Å². The first kappa shape index (κ1) is 15.6. The van der Waals surface area contributed by atoms with Crippen LogP contribution in [0.25, 0.3) is 11.1 Å². The van der Waals surface area contributed by atoms with Gasteiger partial charge < -0.3 is 9.32 Å². The van der Waals surface area contributed by atoms with Crippen LogP contribution in [-0.2, 0) is 9.84 Å². The SMILES string of the molecule is Cc1ccc2oc(C(=O)N3CCCS(=O)(=O)CC3C3CC3)cc2n1. The van der Waals surface area contributed by atoms with Crippen molar-refractivity contribution in [2.45, 2.75) is 32.2 Å². The van der Waals surface area contributed by atoms with Crippen molar-refractivity contribution in [2.24, 2.45) is 5.92 Å². The lowest BCUT2D eigenvalue weighted by molar-refractivity contribution is 0.0650. The molecule has 1 saturated heterocycles. The average Bonchev–Trinajstić information content (AvgIpc) is 3.29. The fourth-order valence-electron chi connectivity index (χ4n) is 3.45. The van der Waals surface area contributed by atoms with Crippen molar-refractivity contribution >= 4 is 26.8 Å². The molecular weight excluding hydrogens is 328 g/mol. The summed E-state index contributed by atoms with van der Waals surface area (Å²) in [6, 6.07) is 5.08. The maximum atomic E-state index is 13.0. The molecule has 1 aliphatic carbocycles. The van der Waals surface area contributed by atoms with Crippen molar-refractivity contribution in [3.05, 3.63) is 29.7 Å². The third kappa shape index (κ3) is 2.92. The van der Waals surface area contributed by atoms with Crippen LogP contribution in [-0.4, -0.2) is 48.3 Å². The van der Waals surface area contributed by atoms with E-state index < -0.39 is 9.84 Å². The molecule has 2 aliphatic rings. The number of aryl methyl sites for hydroxylation is 1. The number of aromatic nitrogens is 1. The molecule has 0 aromatic carbocycles. The van der Waals surface area contributed by atoms with E-state index in [9.17, 15) is 13.2 Å². The smallest absolute Gasteiger partial charge is 0.289 e. The molecule has 1 aliphatic heterocycles. The Kier molecular flexibility index (Phi) is 3.63. The normalized spacial score (nSPS) is 24.0. The minimum absolute atomic E-state index is 0.0704. The van der Waals surface area contributed by atoms with Crippen LogP contribution in [0.15, 0.2) is 22.6 Å². The van der Waals surface area contributed by atoms with Gasteiger partial charge in [0.15, 0.2) is 21.2 Å². The van der Waals surface area contributed by atoms with Crippen LogP contribution >= 0.6 is 0 Å². The van der Waals surface area contributed by atoms with Gasteiger partial charge in [-0.05, 0) is 44.2 Å². The standard InChI is InChI=1S/C17H20N2O4S/c1-11-3-6-15-13(18-11)9-16(23-15)17(20)19-7-2-8-24(21,22)10-14(19)12-4-5-12/h3,6,9,12,14H,2,4-5,7-8,10H2,1H3. The van der Waals surface area contributed by atoms with E-state index in [4.69, 9.17) is 4.42 Å². The summed E-state index contributed by atoms with van der Waals surface area (Å²) >= 11 is 0. The van der Waals surface area contributed by atoms with Crippen LogP contribution in [0.5, 0.6) is 0 Å². The van der Waals surface area contributed by atoms with Crippen LogP contribution < -0.4 is 0 Å². The summed E-state index contributed by atoms with van der Waals surface area (Å²) in [4.78, 5) is 19.1. The predicted octanol–water partition coefficient (Wildman–Crippen LogP) is 2.18. The Morgan fingerprint density at radius 1 is 1.33 bits per heavy atom. The second-order valence-electron chi connectivity index (χ2n) is 6.82. The monoisotopic (exact) mass is 348 g/mol. The molecule has 4 rings (SSSR count). The van der Waals surface area contributed by atoms with Crippen LogP contribution in [0.3, 0.4) is 0 Å². The van der Waals surface area contributed by atoms with Crippen LogP contribution in [0.4, 0.5) is 0 Å². The first-order valence-electron chi connectivity index (χ1n) is 8.31. The fraction of sp³-hybridized carbons (Fsp3) is 0.529. The van der Waals surface area contributed by atoms with E-state index in [1.807, 2.05) is 13.0 Å². The number of amides is 1. The lowest BCUT2D eigenvalue weighted by Crippen LogP contribution is -2.44. The lowest BCUT2D eigenvalue weighted by Gasteiger charge is -2.28. The molecule has 2 aromatic rings.